The van der Waals surface area contributed by atoms with Gasteiger partial charge in [-0.3, -0.25) is 0 Å². The van der Waals surface area contributed by atoms with Crippen LogP contribution in [0.3, 0.4) is 0 Å². The molecule has 0 radical (unpaired) electrons. The summed E-state index contributed by atoms with van der Waals surface area (Å²) in [7, 11) is 0. The molecule has 3 nitrogen and oxygen atoms in total. The Hall–Kier alpha value is -7.67. The summed E-state index contributed by atoms with van der Waals surface area (Å²) in [5.74, 6) is 0.701. The number of benzene rings is 8. The van der Waals surface area contributed by atoms with E-state index in [4.69, 9.17) is 9.97 Å². The van der Waals surface area contributed by atoms with Crippen molar-refractivity contribution >= 4 is 0 Å². The molecule has 0 atom stereocenters. The zero-order chi connectivity index (χ0) is 41.5. The van der Waals surface area contributed by atoms with Crippen molar-refractivity contribution in [2.75, 3.05) is 0 Å². The molecule has 0 N–H and O–H groups in total. The van der Waals surface area contributed by atoms with Crippen molar-refractivity contribution in [3.8, 4) is 95.6 Å². The first-order chi connectivity index (χ1) is 30.6. The highest BCUT2D eigenvalue weighted by Crippen LogP contribution is 2.56. The van der Waals surface area contributed by atoms with E-state index in [0.29, 0.717) is 5.82 Å². The Morgan fingerprint density at radius 1 is 0.355 bits per heavy atom. The number of hydrogen-bond acceptors (Lipinski definition) is 3. The van der Waals surface area contributed by atoms with Gasteiger partial charge in [0, 0.05) is 22.1 Å². The Kier molecular flexibility index (Phi) is 9.48. The summed E-state index contributed by atoms with van der Waals surface area (Å²) in [6.45, 7) is 0. The third-order valence-electron chi connectivity index (χ3n) is 13.1. The maximum Gasteiger partial charge on any atom is 0.160 e. The van der Waals surface area contributed by atoms with Crippen LogP contribution in [-0.4, -0.2) is 9.97 Å². The van der Waals surface area contributed by atoms with Gasteiger partial charge in [0.25, 0.3) is 0 Å². The zero-order valence-corrected chi connectivity index (χ0v) is 34.4. The third kappa shape index (κ3) is 6.81. The Labute approximate surface area is 363 Å². The largest absolute Gasteiger partial charge is 0.228 e. The van der Waals surface area contributed by atoms with Crippen LogP contribution in [0.1, 0.15) is 48.8 Å². The molecule has 1 fully saturated rings. The van der Waals surface area contributed by atoms with Crippen molar-refractivity contribution in [1.82, 2.24) is 9.97 Å². The van der Waals surface area contributed by atoms with Gasteiger partial charge in [-0.2, -0.15) is 5.26 Å². The van der Waals surface area contributed by atoms with Crippen LogP contribution in [0.25, 0.3) is 89.5 Å². The minimum Gasteiger partial charge on any atom is -0.228 e. The SMILES string of the molecule is N#Cc1ccc2c(c1)C1(CCCCC1)c1cc(-c3cccc(-c4cccc(-c5cccc(-c6cc(-c7ccc(-c8ccccc8)cc7)nc(-c7ccccc7)n6)c5)c4)c3)ccc1-2. The average Bonchev–Trinajstić information content (AvgIpc) is 3.61. The third-order valence-corrected chi connectivity index (χ3v) is 13.1. The van der Waals surface area contributed by atoms with Crippen LogP contribution in [0, 0.1) is 11.3 Å². The Morgan fingerprint density at radius 2 is 0.790 bits per heavy atom. The molecule has 0 amide bonds. The molecule has 62 heavy (non-hydrogen) atoms. The Balaban J connectivity index is 0.922. The molecule has 0 saturated heterocycles. The van der Waals surface area contributed by atoms with E-state index in [2.05, 4.69) is 176 Å². The highest BCUT2D eigenvalue weighted by molar-refractivity contribution is 5.86. The van der Waals surface area contributed by atoms with E-state index < -0.39 is 0 Å². The van der Waals surface area contributed by atoms with Crippen LogP contribution >= 0.6 is 0 Å². The summed E-state index contributed by atoms with van der Waals surface area (Å²) in [5.41, 5.74) is 20.4. The van der Waals surface area contributed by atoms with Gasteiger partial charge in [0.1, 0.15) is 0 Å². The second kappa shape index (κ2) is 15.7. The highest BCUT2D eigenvalue weighted by atomic mass is 14.9. The molecule has 0 aliphatic heterocycles. The average molecular weight is 794 g/mol. The van der Waals surface area contributed by atoms with Crippen molar-refractivity contribution in [2.24, 2.45) is 0 Å². The second-order valence-electron chi connectivity index (χ2n) is 16.8. The van der Waals surface area contributed by atoms with Crippen LogP contribution in [0.2, 0.25) is 0 Å². The van der Waals surface area contributed by atoms with Gasteiger partial charge in [-0.25, -0.2) is 9.97 Å². The molecule has 1 saturated carbocycles. The van der Waals surface area contributed by atoms with Crippen LogP contribution in [-0.2, 0) is 5.41 Å². The van der Waals surface area contributed by atoms with Gasteiger partial charge < -0.3 is 0 Å². The van der Waals surface area contributed by atoms with Crippen LogP contribution in [0.4, 0.5) is 0 Å². The fourth-order valence-corrected chi connectivity index (χ4v) is 9.98. The van der Waals surface area contributed by atoms with E-state index in [-0.39, 0.29) is 5.41 Å². The van der Waals surface area contributed by atoms with Gasteiger partial charge in [-0.1, -0.05) is 177 Å². The minimum absolute atomic E-state index is 0.0170. The smallest absolute Gasteiger partial charge is 0.160 e. The Bertz CT molecular complexity index is 3150. The van der Waals surface area contributed by atoms with Gasteiger partial charge in [0.05, 0.1) is 23.0 Å². The maximum absolute atomic E-state index is 9.80. The molecule has 0 unspecified atom stereocenters. The number of aromatic nitrogens is 2. The van der Waals surface area contributed by atoms with E-state index in [0.717, 1.165) is 57.6 Å². The zero-order valence-electron chi connectivity index (χ0n) is 34.4. The molecule has 9 aromatic rings. The summed E-state index contributed by atoms with van der Waals surface area (Å²) in [6, 6.07) is 73.8. The summed E-state index contributed by atoms with van der Waals surface area (Å²) >= 11 is 0. The van der Waals surface area contributed by atoms with E-state index in [1.54, 1.807) is 0 Å². The van der Waals surface area contributed by atoms with E-state index in [1.165, 1.54) is 74.9 Å². The number of fused-ring (bicyclic) bond motifs is 5. The van der Waals surface area contributed by atoms with E-state index in [9.17, 15) is 5.26 Å². The van der Waals surface area contributed by atoms with Crippen LogP contribution in [0.5, 0.6) is 0 Å². The minimum atomic E-state index is -0.0170. The van der Waals surface area contributed by atoms with Crippen molar-refractivity contribution < 1.29 is 0 Å². The molecule has 2 aliphatic carbocycles. The summed E-state index contributed by atoms with van der Waals surface area (Å²) < 4.78 is 0. The monoisotopic (exact) mass is 793 g/mol. The molecule has 11 rings (SSSR count). The Morgan fingerprint density at radius 3 is 1.39 bits per heavy atom. The molecule has 0 bridgehead atoms. The van der Waals surface area contributed by atoms with Gasteiger partial charge in [0.15, 0.2) is 5.82 Å². The van der Waals surface area contributed by atoms with Gasteiger partial charge in [-0.05, 0) is 122 Å². The number of hydrogen-bond donors (Lipinski definition) is 0. The lowest BCUT2D eigenvalue weighted by molar-refractivity contribution is 0.353. The lowest BCUT2D eigenvalue weighted by atomic mass is 9.67. The predicted molar refractivity (Wildman–Crippen MR) is 254 cm³/mol. The number of nitrogens with zero attached hydrogens (tertiary/aromatic N) is 3. The number of rotatable bonds is 7. The van der Waals surface area contributed by atoms with Crippen molar-refractivity contribution in [2.45, 2.75) is 37.5 Å². The van der Waals surface area contributed by atoms with E-state index in [1.807, 2.05) is 30.3 Å². The molecule has 8 aromatic carbocycles. The van der Waals surface area contributed by atoms with E-state index >= 15 is 0 Å². The number of nitriles is 1. The fourth-order valence-electron chi connectivity index (χ4n) is 9.98. The van der Waals surface area contributed by atoms with Gasteiger partial charge >= 0.3 is 0 Å². The molecule has 1 heterocycles. The molecular weight excluding hydrogens is 751 g/mol. The van der Waals surface area contributed by atoms with Gasteiger partial charge in [0.2, 0.25) is 0 Å². The second-order valence-corrected chi connectivity index (χ2v) is 16.8. The predicted octanol–water partition coefficient (Wildman–Crippen LogP) is 15.2. The summed E-state index contributed by atoms with van der Waals surface area (Å²) in [5, 5.41) is 9.80. The maximum atomic E-state index is 9.80. The lowest BCUT2D eigenvalue weighted by Crippen LogP contribution is -2.28. The van der Waals surface area contributed by atoms with Crippen LogP contribution < -0.4 is 0 Å². The topological polar surface area (TPSA) is 49.6 Å². The van der Waals surface area contributed by atoms with Gasteiger partial charge in [-0.15, -0.1) is 0 Å². The molecule has 2 aliphatic rings. The quantitative estimate of drug-likeness (QED) is 0.161. The molecule has 294 valence electrons. The first-order valence-electron chi connectivity index (χ1n) is 21.7. The summed E-state index contributed by atoms with van der Waals surface area (Å²) in [6.07, 6.45) is 5.97. The lowest BCUT2D eigenvalue weighted by Gasteiger charge is -2.36. The summed E-state index contributed by atoms with van der Waals surface area (Å²) in [4.78, 5) is 10.2. The molecule has 1 aromatic heterocycles. The standard InChI is InChI=1S/C59H43N3/c60-39-40-23-29-52-53-30-28-50(37-55(53)59(54(52)33-40)31-8-3-9-32-59)48-20-11-18-46(35-48)45-17-10-19-47(34-45)49-21-12-22-51(36-49)57-38-56(61-58(62-57)44-15-6-2-7-16-44)43-26-24-42(25-27-43)41-13-4-1-5-14-41/h1-2,4-7,10-30,33-38H,3,8-9,31-32H2. The first kappa shape index (κ1) is 37.3. The fraction of sp³-hybridized carbons (Fsp3) is 0.102. The molecule has 3 heteroatoms. The van der Waals surface area contributed by atoms with Crippen molar-refractivity contribution in [1.29, 1.82) is 5.26 Å². The van der Waals surface area contributed by atoms with Crippen molar-refractivity contribution in [3.05, 3.63) is 217 Å². The molecule has 1 spiro atoms. The first-order valence-corrected chi connectivity index (χ1v) is 21.7. The van der Waals surface area contributed by atoms with Crippen LogP contribution in [0.15, 0.2) is 200 Å². The highest BCUT2D eigenvalue weighted by Gasteiger charge is 2.44. The normalized spacial score (nSPS) is 13.6. The molecular formula is C59H43N3. The van der Waals surface area contributed by atoms with Crippen molar-refractivity contribution in [3.63, 3.8) is 0 Å².